The number of carbonyl (C=O) groups is 3. The summed E-state index contributed by atoms with van der Waals surface area (Å²) < 4.78 is 23.0. The normalized spacial score (nSPS) is 13.2. The number of quaternary nitrogens is 1. The summed E-state index contributed by atoms with van der Waals surface area (Å²) in [6.45, 7) is 4.79. The molecule has 0 fully saturated rings. The van der Waals surface area contributed by atoms with Crippen LogP contribution in [0, 0.1) is 0 Å². The van der Waals surface area contributed by atoms with E-state index < -0.39 is 24.3 Å². The van der Waals surface area contributed by atoms with Crippen LogP contribution in [0.15, 0.2) is 85.1 Å². The largest absolute Gasteiger partial charge is 0.477 e. The first-order valence-electron chi connectivity index (χ1n) is 33.8. The molecule has 0 saturated heterocycles. The number of carboxylic acids is 1. The predicted molar refractivity (Wildman–Crippen MR) is 346 cm³/mol. The van der Waals surface area contributed by atoms with E-state index in [4.69, 9.17) is 18.9 Å². The first-order chi connectivity index (χ1) is 39.6. The highest BCUT2D eigenvalue weighted by molar-refractivity contribution is 5.71. The van der Waals surface area contributed by atoms with Crippen molar-refractivity contribution in [2.45, 2.75) is 309 Å². The Kier molecular flexibility index (Phi) is 59.8. The van der Waals surface area contributed by atoms with Crippen LogP contribution in [-0.4, -0.2) is 87.4 Å². The molecule has 0 aliphatic carbocycles. The van der Waals surface area contributed by atoms with Gasteiger partial charge in [-0.2, -0.15) is 0 Å². The summed E-state index contributed by atoms with van der Waals surface area (Å²) in [4.78, 5) is 37.6. The van der Waals surface area contributed by atoms with Gasteiger partial charge in [0.2, 0.25) is 0 Å². The van der Waals surface area contributed by atoms with E-state index in [2.05, 4.69) is 98.9 Å². The second-order valence-electron chi connectivity index (χ2n) is 23.7. The van der Waals surface area contributed by atoms with E-state index in [1.807, 2.05) is 21.1 Å². The zero-order valence-electron chi connectivity index (χ0n) is 53.4. The van der Waals surface area contributed by atoms with Gasteiger partial charge in [-0.1, -0.05) is 279 Å². The standard InChI is InChI=1S/C72H127NO8/c1-6-8-10-12-14-16-18-20-22-24-26-28-30-32-33-34-35-36-37-39-41-43-45-47-49-51-53-55-57-59-61-63-70(75)81-68(67-80-72(71(76)77)78-65-64-73(3,4)5)66-79-69(74)62-60-58-56-54-52-50-48-46-44-42-40-38-31-29-27-25-23-21-19-17-15-13-11-9-7-2/h8,10,14,16,20,22,25-28,32-33,35-36,68,72H,6-7,9,11-13,15,17-19,21,23-24,29-31,34,37-67H2,1-5H3/p+1/b10-8-,16-14-,22-20-,27-25-,28-26-,33-32-,36-35-. The number of esters is 2. The molecule has 0 amide bonds. The van der Waals surface area contributed by atoms with E-state index in [0.29, 0.717) is 23.9 Å². The van der Waals surface area contributed by atoms with Crippen LogP contribution in [0.2, 0.25) is 0 Å². The van der Waals surface area contributed by atoms with Gasteiger partial charge in [0, 0.05) is 12.8 Å². The SMILES string of the molecule is CC/C=C\C/C=C\C/C=C\C/C=C\C/C=C\C/C=C\CCCCCCCCCCCCCCC(=O)OC(COC(=O)CCCCCCCCCCCCCCC/C=C\CCCCCCCCCC)COC(OCC[N+](C)(C)C)C(=O)O. The highest BCUT2D eigenvalue weighted by Crippen LogP contribution is 2.17. The van der Waals surface area contributed by atoms with Crippen LogP contribution in [0.3, 0.4) is 0 Å². The zero-order valence-corrected chi connectivity index (χ0v) is 53.4. The number of ether oxygens (including phenoxy) is 4. The summed E-state index contributed by atoms with van der Waals surface area (Å²) in [7, 11) is 5.98. The smallest absolute Gasteiger partial charge is 0.361 e. The van der Waals surface area contributed by atoms with E-state index in [-0.39, 0.29) is 32.2 Å². The number of carbonyl (C=O) groups excluding carboxylic acids is 2. The van der Waals surface area contributed by atoms with E-state index in [1.54, 1.807) is 0 Å². The molecule has 0 aliphatic rings. The lowest BCUT2D eigenvalue weighted by Crippen LogP contribution is -2.40. The topological polar surface area (TPSA) is 108 Å². The number of unbranched alkanes of at least 4 members (excludes halogenated alkanes) is 33. The quantitative estimate of drug-likeness (QED) is 0.0211. The molecule has 1 N–H and O–H groups in total. The molecular formula is C72H128NO8+. The summed E-state index contributed by atoms with van der Waals surface area (Å²) >= 11 is 0. The summed E-state index contributed by atoms with van der Waals surface area (Å²) in [6, 6.07) is 0. The maximum absolute atomic E-state index is 12.9. The van der Waals surface area contributed by atoms with Gasteiger partial charge in [0.1, 0.15) is 13.2 Å². The molecule has 0 aromatic heterocycles. The van der Waals surface area contributed by atoms with E-state index >= 15 is 0 Å². The summed E-state index contributed by atoms with van der Waals surface area (Å²) in [5, 5.41) is 9.74. The number of nitrogens with zero attached hydrogens (tertiary/aromatic N) is 1. The Bertz CT molecular complexity index is 1600. The summed E-state index contributed by atoms with van der Waals surface area (Å²) in [6.07, 6.45) is 81.1. The van der Waals surface area contributed by atoms with Gasteiger partial charge in [0.05, 0.1) is 34.4 Å². The Morgan fingerprint density at radius 3 is 1.06 bits per heavy atom. The molecule has 0 heterocycles. The van der Waals surface area contributed by atoms with Crippen molar-refractivity contribution in [3.63, 3.8) is 0 Å². The number of likely N-dealkylation sites (N-methyl/N-ethyl adjacent to an activating group) is 1. The van der Waals surface area contributed by atoms with E-state index in [0.717, 1.165) is 77.0 Å². The molecule has 0 aromatic carbocycles. The first kappa shape index (κ1) is 77.5. The highest BCUT2D eigenvalue weighted by atomic mass is 16.7. The summed E-state index contributed by atoms with van der Waals surface area (Å²) in [5.41, 5.74) is 0. The number of hydrogen-bond acceptors (Lipinski definition) is 7. The fourth-order valence-corrected chi connectivity index (χ4v) is 9.48. The van der Waals surface area contributed by atoms with Gasteiger partial charge in [0.15, 0.2) is 6.10 Å². The fourth-order valence-electron chi connectivity index (χ4n) is 9.48. The molecule has 0 rings (SSSR count). The zero-order chi connectivity index (χ0) is 59.1. The second-order valence-corrected chi connectivity index (χ2v) is 23.7. The minimum Gasteiger partial charge on any atom is -0.477 e. The van der Waals surface area contributed by atoms with Gasteiger partial charge >= 0.3 is 17.9 Å². The fraction of sp³-hybridized carbons (Fsp3) is 0.764. The van der Waals surface area contributed by atoms with Crippen LogP contribution < -0.4 is 0 Å². The van der Waals surface area contributed by atoms with Crippen molar-refractivity contribution in [3.8, 4) is 0 Å². The molecule has 2 atom stereocenters. The van der Waals surface area contributed by atoms with Gasteiger partial charge in [-0.3, -0.25) is 9.59 Å². The van der Waals surface area contributed by atoms with Crippen molar-refractivity contribution < 1.29 is 42.9 Å². The van der Waals surface area contributed by atoms with Crippen LogP contribution in [0.4, 0.5) is 0 Å². The number of allylic oxidation sites excluding steroid dienone is 14. The monoisotopic (exact) mass is 1130 g/mol. The lowest BCUT2D eigenvalue weighted by molar-refractivity contribution is -0.870. The molecule has 0 radical (unpaired) electrons. The molecule has 468 valence electrons. The highest BCUT2D eigenvalue weighted by Gasteiger charge is 2.25. The molecule has 0 aromatic rings. The second kappa shape index (κ2) is 62.5. The van der Waals surface area contributed by atoms with Gasteiger partial charge in [-0.15, -0.1) is 0 Å². The molecule has 2 unspecified atom stereocenters. The predicted octanol–water partition coefficient (Wildman–Crippen LogP) is 20.7. The molecule has 0 aliphatic heterocycles. The van der Waals surface area contributed by atoms with Gasteiger partial charge in [0.25, 0.3) is 6.29 Å². The first-order valence-corrected chi connectivity index (χ1v) is 33.8. The van der Waals surface area contributed by atoms with Crippen LogP contribution in [0.1, 0.15) is 296 Å². The Balaban J connectivity index is 4.15. The average molecular weight is 1140 g/mol. The van der Waals surface area contributed by atoms with Gasteiger partial charge < -0.3 is 28.5 Å². The Morgan fingerprint density at radius 1 is 0.383 bits per heavy atom. The Morgan fingerprint density at radius 2 is 0.704 bits per heavy atom. The number of hydrogen-bond donors (Lipinski definition) is 1. The van der Waals surface area contributed by atoms with Crippen molar-refractivity contribution in [2.24, 2.45) is 0 Å². The number of aliphatic carboxylic acids is 1. The molecule has 9 nitrogen and oxygen atoms in total. The average Bonchev–Trinajstić information content (AvgIpc) is 3.44. The van der Waals surface area contributed by atoms with Gasteiger partial charge in [-0.05, 0) is 89.9 Å². The molecule has 0 spiro atoms. The maximum atomic E-state index is 12.9. The van der Waals surface area contributed by atoms with E-state index in [1.165, 1.54) is 186 Å². The summed E-state index contributed by atoms with van der Waals surface area (Å²) in [5.74, 6) is -2.00. The third kappa shape index (κ3) is 63.9. The minimum atomic E-state index is -1.51. The van der Waals surface area contributed by atoms with Crippen molar-refractivity contribution >= 4 is 17.9 Å². The Labute approximate surface area is 500 Å². The van der Waals surface area contributed by atoms with Crippen molar-refractivity contribution in [3.05, 3.63) is 85.1 Å². The minimum absolute atomic E-state index is 0.184. The van der Waals surface area contributed by atoms with Crippen LogP contribution in [-0.2, 0) is 33.3 Å². The molecule has 81 heavy (non-hydrogen) atoms. The number of rotatable bonds is 62. The van der Waals surface area contributed by atoms with Crippen LogP contribution in [0.5, 0.6) is 0 Å². The molecular weight excluding hydrogens is 1010 g/mol. The van der Waals surface area contributed by atoms with Crippen molar-refractivity contribution in [1.82, 2.24) is 0 Å². The lowest BCUT2D eigenvalue weighted by atomic mass is 10.0. The van der Waals surface area contributed by atoms with E-state index in [9.17, 15) is 19.5 Å². The van der Waals surface area contributed by atoms with Gasteiger partial charge in [-0.25, -0.2) is 4.79 Å². The van der Waals surface area contributed by atoms with Crippen LogP contribution in [0.25, 0.3) is 0 Å². The van der Waals surface area contributed by atoms with Crippen molar-refractivity contribution in [1.29, 1.82) is 0 Å². The Hall–Kier alpha value is -3.53. The molecule has 9 heteroatoms. The lowest BCUT2D eigenvalue weighted by Gasteiger charge is -2.25. The van der Waals surface area contributed by atoms with Crippen molar-refractivity contribution in [2.75, 3.05) is 47.5 Å². The number of carboxylic acid groups (broad SMARTS) is 1. The molecule has 0 saturated carbocycles. The third-order valence-corrected chi connectivity index (χ3v) is 14.6. The third-order valence-electron chi connectivity index (χ3n) is 14.6. The van der Waals surface area contributed by atoms with Crippen LogP contribution >= 0.6 is 0 Å². The maximum Gasteiger partial charge on any atom is 0.361 e. The molecule has 0 bridgehead atoms.